The number of benzene rings is 10. The number of hydrogen-bond donors (Lipinski definition) is 0. The third-order valence-corrected chi connectivity index (χ3v) is 11.9. The van der Waals surface area contributed by atoms with Gasteiger partial charge in [-0.3, -0.25) is 0 Å². The summed E-state index contributed by atoms with van der Waals surface area (Å²) < 4.78 is 13.3. The minimum absolute atomic E-state index is 0.857. The molecule has 0 radical (unpaired) electrons. The van der Waals surface area contributed by atoms with E-state index in [4.69, 9.17) is 8.83 Å². The fourth-order valence-electron chi connectivity index (χ4n) is 9.02. The highest BCUT2D eigenvalue weighted by molar-refractivity contribution is 6.18. The monoisotopic (exact) mass is 753 g/mol. The van der Waals surface area contributed by atoms with Gasteiger partial charge in [-0.25, -0.2) is 0 Å². The molecule has 3 nitrogen and oxygen atoms in total. The number of anilines is 3. The predicted octanol–water partition coefficient (Wildman–Crippen LogP) is 16.3. The summed E-state index contributed by atoms with van der Waals surface area (Å²) in [6.45, 7) is 0. The molecule has 0 amide bonds. The molecule has 0 atom stereocenters. The first-order valence-electron chi connectivity index (χ1n) is 20.1. The van der Waals surface area contributed by atoms with E-state index in [1.165, 1.54) is 32.7 Å². The average molecular weight is 754 g/mol. The fraction of sp³-hybridized carbons (Fsp3) is 0. The minimum Gasteiger partial charge on any atom is -0.455 e. The van der Waals surface area contributed by atoms with E-state index in [1.807, 2.05) is 18.2 Å². The Labute approximate surface area is 340 Å². The molecule has 0 N–H and O–H groups in total. The van der Waals surface area contributed by atoms with Gasteiger partial charge in [0.25, 0.3) is 0 Å². The van der Waals surface area contributed by atoms with Gasteiger partial charge >= 0.3 is 0 Å². The first kappa shape index (κ1) is 33.3. The SMILES string of the molecule is c1ccc(-c2ccc(-c3ccc(N(c4ccc(-c5cccc6c5oc5ccccc56)cc4)c4ccc5ccc6ccccc6c5c4)c4c3oc3ccccc34)cc2)cc1. The summed E-state index contributed by atoms with van der Waals surface area (Å²) >= 11 is 0. The quantitative estimate of drug-likeness (QED) is 0.158. The first-order chi connectivity index (χ1) is 29.2. The predicted molar refractivity (Wildman–Crippen MR) is 247 cm³/mol. The van der Waals surface area contributed by atoms with Crippen molar-refractivity contribution in [3.05, 3.63) is 212 Å². The maximum atomic E-state index is 6.85. The van der Waals surface area contributed by atoms with Crippen molar-refractivity contribution in [3.63, 3.8) is 0 Å². The van der Waals surface area contributed by atoms with Crippen LogP contribution in [0.2, 0.25) is 0 Å². The van der Waals surface area contributed by atoms with Gasteiger partial charge in [-0.1, -0.05) is 164 Å². The van der Waals surface area contributed by atoms with E-state index in [-0.39, 0.29) is 0 Å². The van der Waals surface area contributed by atoms with Crippen LogP contribution in [-0.2, 0) is 0 Å². The summed E-state index contributed by atoms with van der Waals surface area (Å²) in [5.41, 5.74) is 13.4. The summed E-state index contributed by atoms with van der Waals surface area (Å²) in [6, 6.07) is 75.7. The third-order valence-electron chi connectivity index (χ3n) is 11.9. The van der Waals surface area contributed by atoms with Crippen molar-refractivity contribution in [2.45, 2.75) is 0 Å². The zero-order valence-electron chi connectivity index (χ0n) is 32.0. The fourth-order valence-corrected chi connectivity index (χ4v) is 9.02. The number of para-hydroxylation sites is 3. The van der Waals surface area contributed by atoms with Gasteiger partial charge in [0, 0.05) is 38.7 Å². The average Bonchev–Trinajstić information content (AvgIpc) is 3.89. The standard InChI is InChI=1S/C56H35NO2/c1-2-11-36(12-3-1)37-21-23-39(24-22-37)46-33-34-51(54-49-16-7-9-20-53(49)59-56(46)54)57(43-32-29-41-26-25-38-13-4-5-14-44(38)50(41)35-43)42-30-27-40(28-31-42)45-17-10-18-48-47-15-6-8-19-52(47)58-55(45)48/h1-35H. The van der Waals surface area contributed by atoms with Crippen LogP contribution in [-0.4, -0.2) is 0 Å². The second kappa shape index (κ2) is 13.4. The summed E-state index contributed by atoms with van der Waals surface area (Å²) in [4.78, 5) is 2.39. The lowest BCUT2D eigenvalue weighted by atomic mass is 9.97. The maximum Gasteiger partial charge on any atom is 0.145 e. The van der Waals surface area contributed by atoms with Crippen LogP contribution in [0.5, 0.6) is 0 Å². The Hall–Kier alpha value is -7.88. The van der Waals surface area contributed by atoms with Crippen LogP contribution < -0.4 is 4.90 Å². The van der Waals surface area contributed by atoms with E-state index in [0.29, 0.717) is 0 Å². The molecule has 0 aliphatic rings. The zero-order chi connectivity index (χ0) is 38.9. The van der Waals surface area contributed by atoms with Gasteiger partial charge in [0.05, 0.1) is 11.1 Å². The molecule has 59 heavy (non-hydrogen) atoms. The van der Waals surface area contributed by atoms with Crippen molar-refractivity contribution >= 4 is 82.5 Å². The van der Waals surface area contributed by atoms with E-state index in [2.05, 4.69) is 199 Å². The molecule has 12 rings (SSSR count). The van der Waals surface area contributed by atoms with Crippen LogP contribution in [0.15, 0.2) is 221 Å². The molecule has 3 heteroatoms. The van der Waals surface area contributed by atoms with Gasteiger partial charge in [0.2, 0.25) is 0 Å². The molecule has 2 heterocycles. The molecule has 0 saturated carbocycles. The van der Waals surface area contributed by atoms with E-state index in [1.54, 1.807) is 0 Å². The van der Waals surface area contributed by atoms with Crippen LogP contribution >= 0.6 is 0 Å². The topological polar surface area (TPSA) is 29.5 Å². The van der Waals surface area contributed by atoms with Gasteiger partial charge in [-0.05, 0) is 92.3 Å². The number of fused-ring (bicyclic) bond motifs is 9. The highest BCUT2D eigenvalue weighted by atomic mass is 16.3. The van der Waals surface area contributed by atoms with Gasteiger partial charge in [0.15, 0.2) is 0 Å². The summed E-state index contributed by atoms with van der Waals surface area (Å²) in [5, 5.41) is 9.26. The molecule has 10 aromatic carbocycles. The highest BCUT2D eigenvalue weighted by Gasteiger charge is 2.23. The normalized spacial score (nSPS) is 11.7. The van der Waals surface area contributed by atoms with E-state index in [0.717, 1.165) is 83.2 Å². The smallest absolute Gasteiger partial charge is 0.145 e. The number of furan rings is 2. The van der Waals surface area contributed by atoms with Crippen LogP contribution in [0, 0.1) is 0 Å². The Kier molecular flexibility index (Phi) is 7.54. The lowest BCUT2D eigenvalue weighted by molar-refractivity contribution is 0.669. The maximum absolute atomic E-state index is 6.85. The van der Waals surface area contributed by atoms with Crippen molar-refractivity contribution < 1.29 is 8.83 Å². The molecule has 0 aliphatic carbocycles. The molecule has 0 bridgehead atoms. The molecule has 0 saturated heterocycles. The highest BCUT2D eigenvalue weighted by Crippen LogP contribution is 2.47. The van der Waals surface area contributed by atoms with Crippen molar-refractivity contribution in [2.75, 3.05) is 4.90 Å². The molecule has 276 valence electrons. The Morgan fingerprint density at radius 2 is 0.847 bits per heavy atom. The zero-order valence-corrected chi connectivity index (χ0v) is 32.0. The molecule has 12 aromatic rings. The third kappa shape index (κ3) is 5.44. The van der Waals surface area contributed by atoms with Crippen molar-refractivity contribution in [1.82, 2.24) is 0 Å². The molecular weight excluding hydrogens is 719 g/mol. The number of rotatable bonds is 6. The number of hydrogen-bond acceptors (Lipinski definition) is 3. The summed E-state index contributed by atoms with van der Waals surface area (Å²) in [7, 11) is 0. The Bertz CT molecular complexity index is 3540. The molecular formula is C56H35NO2. The molecule has 0 fully saturated rings. The van der Waals surface area contributed by atoms with E-state index < -0.39 is 0 Å². The Balaban J connectivity index is 1.07. The van der Waals surface area contributed by atoms with Crippen molar-refractivity contribution in [2.24, 2.45) is 0 Å². The molecule has 0 spiro atoms. The van der Waals surface area contributed by atoms with Crippen molar-refractivity contribution in [3.8, 4) is 33.4 Å². The van der Waals surface area contributed by atoms with E-state index >= 15 is 0 Å². The van der Waals surface area contributed by atoms with E-state index in [9.17, 15) is 0 Å². The van der Waals surface area contributed by atoms with Gasteiger partial charge in [-0.15, -0.1) is 0 Å². The van der Waals surface area contributed by atoms with Gasteiger partial charge in [-0.2, -0.15) is 0 Å². The van der Waals surface area contributed by atoms with Crippen molar-refractivity contribution in [1.29, 1.82) is 0 Å². The van der Waals surface area contributed by atoms with Crippen LogP contribution in [0.3, 0.4) is 0 Å². The summed E-state index contributed by atoms with van der Waals surface area (Å²) in [6.07, 6.45) is 0. The Morgan fingerprint density at radius 1 is 0.305 bits per heavy atom. The Morgan fingerprint density at radius 3 is 1.64 bits per heavy atom. The second-order valence-corrected chi connectivity index (χ2v) is 15.2. The minimum atomic E-state index is 0.857. The first-order valence-corrected chi connectivity index (χ1v) is 20.1. The largest absolute Gasteiger partial charge is 0.455 e. The van der Waals surface area contributed by atoms with Crippen LogP contribution in [0.25, 0.3) is 98.8 Å². The lowest BCUT2D eigenvalue weighted by Gasteiger charge is -2.27. The van der Waals surface area contributed by atoms with Gasteiger partial charge in [0.1, 0.15) is 22.3 Å². The lowest BCUT2D eigenvalue weighted by Crippen LogP contribution is -2.10. The molecule has 2 aromatic heterocycles. The van der Waals surface area contributed by atoms with Crippen LogP contribution in [0.1, 0.15) is 0 Å². The molecule has 0 aliphatic heterocycles. The number of nitrogens with zero attached hydrogens (tertiary/aromatic N) is 1. The molecule has 0 unspecified atom stereocenters. The van der Waals surface area contributed by atoms with Crippen LogP contribution in [0.4, 0.5) is 17.1 Å². The summed E-state index contributed by atoms with van der Waals surface area (Å²) in [5.74, 6) is 0. The second-order valence-electron chi connectivity index (χ2n) is 15.2. The van der Waals surface area contributed by atoms with Gasteiger partial charge < -0.3 is 13.7 Å².